The Morgan fingerprint density at radius 1 is 1.10 bits per heavy atom. The molecule has 2 aromatic rings. The van der Waals surface area contributed by atoms with Gasteiger partial charge >= 0.3 is 5.97 Å². The molecular formula is C17H18O3. The van der Waals surface area contributed by atoms with Gasteiger partial charge in [0, 0.05) is 0 Å². The first-order valence-corrected chi connectivity index (χ1v) is 7.05. The summed E-state index contributed by atoms with van der Waals surface area (Å²) in [5.41, 5.74) is -0.432. The molecule has 2 N–H and O–H groups in total. The molecule has 104 valence electrons. The van der Waals surface area contributed by atoms with Gasteiger partial charge in [-0.3, -0.25) is 4.79 Å². The molecule has 3 rings (SSSR count). The molecule has 0 saturated heterocycles. The van der Waals surface area contributed by atoms with Crippen LogP contribution in [0.5, 0.6) is 0 Å². The van der Waals surface area contributed by atoms with Gasteiger partial charge in [-0.25, -0.2) is 0 Å². The van der Waals surface area contributed by atoms with Crippen LogP contribution in [0.2, 0.25) is 0 Å². The number of carbonyl (C=O) groups is 1. The molecule has 0 aliphatic heterocycles. The molecule has 1 aliphatic rings. The van der Waals surface area contributed by atoms with Crippen LogP contribution in [0.1, 0.15) is 31.2 Å². The van der Waals surface area contributed by atoms with E-state index in [-0.39, 0.29) is 0 Å². The third-order valence-corrected chi connectivity index (χ3v) is 4.51. The van der Waals surface area contributed by atoms with Crippen molar-refractivity contribution < 1.29 is 15.0 Å². The van der Waals surface area contributed by atoms with Crippen molar-refractivity contribution in [2.45, 2.75) is 37.2 Å². The number of fused-ring (bicyclic) bond motifs is 1. The Morgan fingerprint density at radius 2 is 1.85 bits per heavy atom. The van der Waals surface area contributed by atoms with E-state index >= 15 is 0 Å². The lowest BCUT2D eigenvalue weighted by Crippen LogP contribution is -2.48. The number of carboxylic acids is 1. The summed E-state index contributed by atoms with van der Waals surface area (Å²) in [5, 5.41) is 22.2. The predicted octanol–water partition coefficient (Wildman–Crippen LogP) is 3.10. The molecule has 20 heavy (non-hydrogen) atoms. The standard InChI is InChI=1S/C17H18O3/c18-15-7-3-4-10-17(15,16(19)20)14-9-8-12-5-1-2-6-13(12)11-14/h1-2,5-6,8-9,11,15,18H,3-4,7,10H2,(H,19,20)/t15-,17?/m0/s1. The van der Waals surface area contributed by atoms with Crippen LogP contribution in [0, 0.1) is 0 Å². The first kappa shape index (κ1) is 13.1. The van der Waals surface area contributed by atoms with Crippen LogP contribution in [0.15, 0.2) is 42.5 Å². The van der Waals surface area contributed by atoms with Crippen molar-refractivity contribution in [2.24, 2.45) is 0 Å². The maximum Gasteiger partial charge on any atom is 0.316 e. The Balaban J connectivity index is 2.16. The van der Waals surface area contributed by atoms with E-state index in [1.807, 2.05) is 42.5 Å². The van der Waals surface area contributed by atoms with Gasteiger partial charge in [0.05, 0.1) is 6.10 Å². The summed E-state index contributed by atoms with van der Waals surface area (Å²) in [6, 6.07) is 13.6. The molecule has 3 heteroatoms. The molecule has 0 amide bonds. The summed E-state index contributed by atoms with van der Waals surface area (Å²) in [6.45, 7) is 0. The number of benzene rings is 2. The topological polar surface area (TPSA) is 57.5 Å². The Bertz CT molecular complexity index is 649. The molecule has 1 aliphatic carbocycles. The van der Waals surface area contributed by atoms with E-state index in [0.717, 1.165) is 29.2 Å². The van der Waals surface area contributed by atoms with Crippen molar-refractivity contribution in [1.82, 2.24) is 0 Å². The molecule has 1 fully saturated rings. The van der Waals surface area contributed by atoms with Crippen LogP contribution in [0.25, 0.3) is 10.8 Å². The van der Waals surface area contributed by atoms with Crippen molar-refractivity contribution in [2.75, 3.05) is 0 Å². The summed E-state index contributed by atoms with van der Waals surface area (Å²) in [5.74, 6) is -0.917. The fourth-order valence-electron chi connectivity index (χ4n) is 3.33. The second kappa shape index (κ2) is 4.91. The van der Waals surface area contributed by atoms with E-state index in [0.29, 0.717) is 12.8 Å². The number of hydrogen-bond donors (Lipinski definition) is 2. The lowest BCUT2D eigenvalue weighted by atomic mass is 9.67. The second-order valence-electron chi connectivity index (χ2n) is 5.60. The normalized spacial score (nSPS) is 26.6. The van der Waals surface area contributed by atoms with Crippen LogP contribution < -0.4 is 0 Å². The second-order valence-corrected chi connectivity index (χ2v) is 5.60. The summed E-state index contributed by atoms with van der Waals surface area (Å²) in [7, 11) is 0. The van der Waals surface area contributed by atoms with Gasteiger partial charge in [-0.05, 0) is 35.2 Å². The summed E-state index contributed by atoms with van der Waals surface area (Å²) >= 11 is 0. The van der Waals surface area contributed by atoms with E-state index in [4.69, 9.17) is 0 Å². The van der Waals surface area contributed by atoms with Crippen molar-refractivity contribution in [1.29, 1.82) is 0 Å². The number of aliphatic carboxylic acids is 1. The molecule has 0 bridgehead atoms. The van der Waals surface area contributed by atoms with E-state index in [2.05, 4.69) is 0 Å². The van der Waals surface area contributed by atoms with Gasteiger partial charge in [0.1, 0.15) is 5.41 Å². The quantitative estimate of drug-likeness (QED) is 0.881. The van der Waals surface area contributed by atoms with Crippen LogP contribution in [-0.4, -0.2) is 22.3 Å². The van der Waals surface area contributed by atoms with Gasteiger partial charge in [-0.1, -0.05) is 49.2 Å². The molecule has 0 aromatic heterocycles. The molecule has 0 heterocycles. The van der Waals surface area contributed by atoms with Gasteiger partial charge in [-0.15, -0.1) is 0 Å². The minimum atomic E-state index is -1.15. The van der Waals surface area contributed by atoms with Gasteiger partial charge in [0.25, 0.3) is 0 Å². The molecule has 1 unspecified atom stereocenters. The number of aliphatic hydroxyl groups excluding tert-OH is 1. The SMILES string of the molecule is O=C(O)C1(c2ccc3ccccc3c2)CCCC[C@@H]1O. The zero-order valence-electron chi connectivity index (χ0n) is 11.2. The highest BCUT2D eigenvalue weighted by molar-refractivity contribution is 5.88. The summed E-state index contributed by atoms with van der Waals surface area (Å²) in [6.07, 6.45) is 1.98. The van der Waals surface area contributed by atoms with Gasteiger partial charge in [0.15, 0.2) is 0 Å². The van der Waals surface area contributed by atoms with Gasteiger partial charge < -0.3 is 10.2 Å². The molecule has 2 atom stereocenters. The average molecular weight is 270 g/mol. The zero-order chi connectivity index (χ0) is 14.2. The highest BCUT2D eigenvalue weighted by atomic mass is 16.4. The number of aliphatic hydroxyl groups is 1. The molecule has 0 spiro atoms. The fraction of sp³-hybridized carbons (Fsp3) is 0.353. The largest absolute Gasteiger partial charge is 0.481 e. The molecular weight excluding hydrogens is 252 g/mol. The minimum Gasteiger partial charge on any atom is -0.481 e. The third-order valence-electron chi connectivity index (χ3n) is 4.51. The minimum absolute atomic E-state index is 0.502. The Hall–Kier alpha value is -1.87. The highest BCUT2D eigenvalue weighted by Crippen LogP contribution is 2.40. The van der Waals surface area contributed by atoms with E-state index in [9.17, 15) is 15.0 Å². The zero-order valence-corrected chi connectivity index (χ0v) is 11.2. The Labute approximate surface area is 117 Å². The maximum absolute atomic E-state index is 11.9. The van der Waals surface area contributed by atoms with Crippen molar-refractivity contribution in [3.63, 3.8) is 0 Å². The predicted molar refractivity (Wildman–Crippen MR) is 77.7 cm³/mol. The Morgan fingerprint density at radius 3 is 2.55 bits per heavy atom. The molecule has 1 saturated carbocycles. The van der Waals surface area contributed by atoms with Crippen molar-refractivity contribution in [3.05, 3.63) is 48.0 Å². The number of carboxylic acid groups (broad SMARTS) is 1. The average Bonchev–Trinajstić information content (AvgIpc) is 2.47. The van der Waals surface area contributed by atoms with Gasteiger partial charge in [-0.2, -0.15) is 0 Å². The molecule has 3 nitrogen and oxygen atoms in total. The monoisotopic (exact) mass is 270 g/mol. The maximum atomic E-state index is 11.9. The van der Waals surface area contributed by atoms with Crippen LogP contribution in [-0.2, 0) is 10.2 Å². The van der Waals surface area contributed by atoms with Crippen LogP contribution in [0.4, 0.5) is 0 Å². The lowest BCUT2D eigenvalue weighted by Gasteiger charge is -2.38. The smallest absolute Gasteiger partial charge is 0.316 e. The van der Waals surface area contributed by atoms with Crippen LogP contribution in [0.3, 0.4) is 0 Å². The summed E-state index contributed by atoms with van der Waals surface area (Å²) in [4.78, 5) is 11.9. The van der Waals surface area contributed by atoms with Crippen molar-refractivity contribution >= 4 is 16.7 Å². The molecule has 2 aromatic carbocycles. The highest BCUT2D eigenvalue weighted by Gasteiger charge is 2.48. The van der Waals surface area contributed by atoms with E-state index in [1.54, 1.807) is 0 Å². The summed E-state index contributed by atoms with van der Waals surface area (Å²) < 4.78 is 0. The Kier molecular flexibility index (Phi) is 3.22. The first-order chi connectivity index (χ1) is 9.64. The van der Waals surface area contributed by atoms with E-state index in [1.165, 1.54) is 0 Å². The molecule has 0 radical (unpaired) electrons. The van der Waals surface area contributed by atoms with Gasteiger partial charge in [0.2, 0.25) is 0 Å². The van der Waals surface area contributed by atoms with E-state index < -0.39 is 17.5 Å². The number of rotatable bonds is 2. The number of hydrogen-bond acceptors (Lipinski definition) is 2. The fourth-order valence-corrected chi connectivity index (χ4v) is 3.33. The first-order valence-electron chi connectivity index (χ1n) is 7.05. The lowest BCUT2D eigenvalue weighted by molar-refractivity contribution is -0.151. The van der Waals surface area contributed by atoms with Crippen molar-refractivity contribution in [3.8, 4) is 0 Å². The third kappa shape index (κ3) is 1.90. The van der Waals surface area contributed by atoms with Crippen LogP contribution >= 0.6 is 0 Å².